The van der Waals surface area contributed by atoms with E-state index in [4.69, 9.17) is 4.74 Å². The molecule has 0 amide bonds. The number of aliphatic hydroxyl groups excluding tert-OH is 1. The van der Waals surface area contributed by atoms with Gasteiger partial charge in [-0.3, -0.25) is 9.80 Å². The number of hydrogen-bond acceptors (Lipinski definition) is 7. The predicted octanol–water partition coefficient (Wildman–Crippen LogP) is 2.46. The van der Waals surface area contributed by atoms with Crippen LogP contribution in [0.5, 0.6) is 5.75 Å². The molecule has 0 bridgehead atoms. The third kappa shape index (κ3) is 7.35. The molecule has 1 aromatic carbocycles. The average Bonchev–Trinajstić information content (AvgIpc) is 3.11. The summed E-state index contributed by atoms with van der Waals surface area (Å²) in [5.74, 6) is 0.815. The van der Waals surface area contributed by atoms with Crippen LogP contribution in [0, 0.1) is 6.92 Å². The van der Waals surface area contributed by atoms with Crippen LogP contribution in [0.25, 0.3) is 0 Å². The minimum atomic E-state index is -0.470. The van der Waals surface area contributed by atoms with Crippen LogP contribution in [-0.2, 0) is 13.1 Å². The average molecular weight is 419 g/mol. The summed E-state index contributed by atoms with van der Waals surface area (Å²) in [6, 6.07) is 8.15. The fourth-order valence-electron chi connectivity index (χ4n) is 3.69. The number of aryl methyl sites for hydroxylation is 1. The molecule has 1 N–H and O–H groups in total. The summed E-state index contributed by atoms with van der Waals surface area (Å²) in [6.07, 6.45) is -0.470. The Morgan fingerprint density at radius 2 is 1.97 bits per heavy atom. The number of nitrogens with zero attached hydrogens (tertiary/aromatic N) is 4. The molecule has 3 rings (SSSR count). The molecule has 29 heavy (non-hydrogen) atoms. The highest BCUT2D eigenvalue weighted by Crippen LogP contribution is 2.17. The molecule has 0 aliphatic carbocycles. The number of thiazole rings is 1. The van der Waals surface area contributed by atoms with Gasteiger partial charge in [0.25, 0.3) is 0 Å². The van der Waals surface area contributed by atoms with Crippen LogP contribution in [0.4, 0.5) is 0 Å². The molecule has 0 saturated carbocycles. The van der Waals surface area contributed by atoms with Gasteiger partial charge in [0.1, 0.15) is 18.5 Å². The molecule has 1 aromatic heterocycles. The van der Waals surface area contributed by atoms with Gasteiger partial charge in [-0.05, 0) is 38.2 Å². The quantitative estimate of drug-likeness (QED) is 0.640. The van der Waals surface area contributed by atoms with Crippen molar-refractivity contribution in [2.75, 3.05) is 52.9 Å². The smallest absolute Gasteiger partial charge is 0.119 e. The van der Waals surface area contributed by atoms with Crippen molar-refractivity contribution >= 4 is 11.3 Å². The molecule has 2 heterocycles. The normalized spacial score (nSPS) is 17.0. The molecule has 160 valence electrons. The third-order valence-electron chi connectivity index (χ3n) is 5.27. The second kappa shape index (κ2) is 11.0. The van der Waals surface area contributed by atoms with Gasteiger partial charge in [0, 0.05) is 51.2 Å². The second-order valence-corrected chi connectivity index (χ2v) is 8.94. The van der Waals surface area contributed by atoms with E-state index in [1.54, 1.807) is 11.3 Å². The second-order valence-electron chi connectivity index (χ2n) is 7.88. The molecule has 1 fully saturated rings. The predicted molar refractivity (Wildman–Crippen MR) is 119 cm³/mol. The lowest BCUT2D eigenvalue weighted by atomic mass is 10.2. The van der Waals surface area contributed by atoms with E-state index in [-0.39, 0.29) is 0 Å². The van der Waals surface area contributed by atoms with Crippen LogP contribution in [0.1, 0.15) is 23.2 Å². The SMILES string of the molecule is CCN1CCN(CC(O)COc2cccc(CN(C)Cc3csc(C)n3)c2)CC1. The Hall–Kier alpha value is -1.51. The molecule has 0 spiro atoms. The van der Waals surface area contributed by atoms with Crippen molar-refractivity contribution in [3.8, 4) is 5.75 Å². The summed E-state index contributed by atoms with van der Waals surface area (Å²) in [5.41, 5.74) is 2.31. The molecule has 7 heteroatoms. The molecule has 0 radical (unpaired) electrons. The maximum Gasteiger partial charge on any atom is 0.119 e. The van der Waals surface area contributed by atoms with E-state index < -0.39 is 6.10 Å². The number of ether oxygens (including phenoxy) is 1. The zero-order valence-electron chi connectivity index (χ0n) is 17.9. The van der Waals surface area contributed by atoms with E-state index in [0.29, 0.717) is 13.2 Å². The zero-order valence-corrected chi connectivity index (χ0v) is 18.7. The Labute approximate surface area is 178 Å². The number of β-amino-alcohol motifs (C(OH)–C–C–N with tert-alkyl or cyclic N) is 1. The summed E-state index contributed by atoms with van der Waals surface area (Å²) in [7, 11) is 2.10. The summed E-state index contributed by atoms with van der Waals surface area (Å²) < 4.78 is 5.88. The number of hydrogen-bond donors (Lipinski definition) is 1. The number of benzene rings is 1. The van der Waals surface area contributed by atoms with E-state index in [0.717, 1.165) is 62.3 Å². The third-order valence-corrected chi connectivity index (χ3v) is 6.10. The highest BCUT2D eigenvalue weighted by molar-refractivity contribution is 7.09. The van der Waals surface area contributed by atoms with Crippen LogP contribution in [0.2, 0.25) is 0 Å². The van der Waals surface area contributed by atoms with Crippen LogP contribution < -0.4 is 4.74 Å². The lowest BCUT2D eigenvalue weighted by Gasteiger charge is -2.34. The van der Waals surface area contributed by atoms with Crippen molar-refractivity contribution in [1.82, 2.24) is 19.7 Å². The monoisotopic (exact) mass is 418 g/mol. The molecule has 1 saturated heterocycles. The van der Waals surface area contributed by atoms with E-state index in [9.17, 15) is 5.11 Å². The number of aliphatic hydroxyl groups is 1. The fraction of sp³-hybridized carbons (Fsp3) is 0.591. The number of aromatic nitrogens is 1. The lowest BCUT2D eigenvalue weighted by Crippen LogP contribution is -2.49. The maximum absolute atomic E-state index is 10.4. The summed E-state index contributed by atoms with van der Waals surface area (Å²) in [6.45, 7) is 12.2. The van der Waals surface area contributed by atoms with E-state index in [1.165, 1.54) is 5.56 Å². The minimum absolute atomic E-state index is 0.325. The van der Waals surface area contributed by atoms with E-state index >= 15 is 0 Å². The van der Waals surface area contributed by atoms with Gasteiger partial charge in [-0.1, -0.05) is 19.1 Å². The Kier molecular flexibility index (Phi) is 8.44. The number of rotatable bonds is 10. The minimum Gasteiger partial charge on any atom is -0.491 e. The van der Waals surface area contributed by atoms with Gasteiger partial charge in [0.2, 0.25) is 0 Å². The number of likely N-dealkylation sites (N-methyl/N-ethyl adjacent to an activating group) is 1. The van der Waals surface area contributed by atoms with Gasteiger partial charge < -0.3 is 14.7 Å². The molecular formula is C22H34N4O2S. The molecule has 1 aliphatic heterocycles. The lowest BCUT2D eigenvalue weighted by molar-refractivity contribution is 0.0470. The molecular weight excluding hydrogens is 384 g/mol. The molecule has 2 aromatic rings. The van der Waals surface area contributed by atoms with Gasteiger partial charge in [-0.2, -0.15) is 0 Å². The molecule has 1 aliphatic rings. The van der Waals surface area contributed by atoms with E-state index in [1.807, 2.05) is 19.1 Å². The first-order valence-corrected chi connectivity index (χ1v) is 11.3. The van der Waals surface area contributed by atoms with Crippen molar-refractivity contribution < 1.29 is 9.84 Å². The van der Waals surface area contributed by atoms with Crippen LogP contribution in [0.15, 0.2) is 29.6 Å². The van der Waals surface area contributed by atoms with Crippen molar-refractivity contribution in [1.29, 1.82) is 0 Å². The van der Waals surface area contributed by atoms with Crippen LogP contribution in [-0.4, -0.2) is 83.8 Å². The van der Waals surface area contributed by atoms with Gasteiger partial charge in [-0.25, -0.2) is 4.98 Å². The van der Waals surface area contributed by atoms with Gasteiger partial charge in [-0.15, -0.1) is 11.3 Å². The highest BCUT2D eigenvalue weighted by atomic mass is 32.1. The topological polar surface area (TPSA) is 52.1 Å². The summed E-state index contributed by atoms with van der Waals surface area (Å²) >= 11 is 1.69. The van der Waals surface area contributed by atoms with Gasteiger partial charge in [0.15, 0.2) is 0 Å². The Morgan fingerprint density at radius 3 is 2.66 bits per heavy atom. The summed E-state index contributed by atoms with van der Waals surface area (Å²) in [5, 5.41) is 13.6. The van der Waals surface area contributed by atoms with Gasteiger partial charge in [0.05, 0.1) is 10.7 Å². The maximum atomic E-state index is 10.4. The van der Waals surface area contributed by atoms with Gasteiger partial charge >= 0.3 is 0 Å². The largest absolute Gasteiger partial charge is 0.491 e. The number of piperazine rings is 1. The van der Waals surface area contributed by atoms with E-state index in [2.05, 4.69) is 51.2 Å². The van der Waals surface area contributed by atoms with Crippen molar-refractivity contribution in [3.63, 3.8) is 0 Å². The Bertz CT molecular complexity index is 746. The standard InChI is InChI=1S/C22H34N4O2S/c1-4-25-8-10-26(11-9-25)15-21(27)16-28-22-7-5-6-19(12-22)13-24(3)14-20-17-29-18(2)23-20/h5-7,12,17,21,27H,4,8-11,13-16H2,1-3H3. The first-order chi connectivity index (χ1) is 14.0. The zero-order chi connectivity index (χ0) is 20.6. The molecule has 1 atom stereocenters. The van der Waals surface area contributed by atoms with Crippen LogP contribution in [0.3, 0.4) is 0 Å². The Balaban J connectivity index is 1.42. The fourth-order valence-corrected chi connectivity index (χ4v) is 4.29. The van der Waals surface area contributed by atoms with Crippen LogP contribution >= 0.6 is 11.3 Å². The molecule has 1 unspecified atom stereocenters. The Morgan fingerprint density at radius 1 is 1.21 bits per heavy atom. The molecule has 6 nitrogen and oxygen atoms in total. The summed E-state index contributed by atoms with van der Waals surface area (Å²) in [4.78, 5) is 11.5. The van der Waals surface area contributed by atoms with Crippen molar-refractivity contribution in [2.24, 2.45) is 0 Å². The van der Waals surface area contributed by atoms with Crippen molar-refractivity contribution in [3.05, 3.63) is 45.9 Å². The first-order valence-electron chi connectivity index (χ1n) is 10.5. The highest BCUT2D eigenvalue weighted by Gasteiger charge is 2.18. The first kappa shape index (κ1) is 22.2. The van der Waals surface area contributed by atoms with Crippen molar-refractivity contribution in [2.45, 2.75) is 33.0 Å².